The van der Waals surface area contributed by atoms with E-state index < -0.39 is 41.7 Å². The van der Waals surface area contributed by atoms with Crippen LogP contribution in [-0.2, 0) is 15.8 Å². The number of rotatable bonds is 6. The molecule has 0 fully saturated rings. The molecule has 9 heteroatoms. The maximum atomic E-state index is 12.5. The van der Waals surface area contributed by atoms with E-state index in [1.165, 1.54) is 6.92 Å². The zero-order valence-electron chi connectivity index (χ0n) is 12.5. The van der Waals surface area contributed by atoms with E-state index in [9.17, 15) is 27.9 Å². The van der Waals surface area contributed by atoms with Crippen LogP contribution in [0.5, 0.6) is 0 Å². The second-order valence-electron chi connectivity index (χ2n) is 5.19. The Hall–Kier alpha value is -2.60. The molecule has 0 bridgehead atoms. The number of halogens is 3. The molecule has 24 heavy (non-hydrogen) atoms. The molecule has 0 unspecified atom stereocenters. The second kappa shape index (κ2) is 7.79. The fourth-order valence-corrected chi connectivity index (χ4v) is 1.88. The molecular weight excluding hydrogens is 329 g/mol. The molecule has 0 saturated heterocycles. The molecule has 0 aliphatic carbocycles. The molecule has 6 nitrogen and oxygen atoms in total. The molecule has 1 aromatic rings. The van der Waals surface area contributed by atoms with Gasteiger partial charge in [0.25, 0.3) is 5.91 Å². The van der Waals surface area contributed by atoms with Crippen molar-refractivity contribution in [3.63, 3.8) is 0 Å². The lowest BCUT2D eigenvalue weighted by Crippen LogP contribution is -2.43. The van der Waals surface area contributed by atoms with Crippen molar-refractivity contribution >= 4 is 11.9 Å². The Morgan fingerprint density at radius 2 is 1.83 bits per heavy atom. The third-order valence-electron chi connectivity index (χ3n) is 3.23. The van der Waals surface area contributed by atoms with Gasteiger partial charge in [-0.15, -0.1) is 0 Å². The van der Waals surface area contributed by atoms with Crippen LogP contribution < -0.4 is 5.32 Å². The van der Waals surface area contributed by atoms with Gasteiger partial charge in [0.05, 0.1) is 11.6 Å². The Kier molecular flexibility index (Phi) is 6.31. The van der Waals surface area contributed by atoms with Crippen LogP contribution in [0.25, 0.3) is 0 Å². The van der Waals surface area contributed by atoms with Crippen LogP contribution >= 0.6 is 0 Å². The van der Waals surface area contributed by atoms with Gasteiger partial charge in [-0.1, -0.05) is 12.1 Å². The van der Waals surface area contributed by atoms with Gasteiger partial charge in [0, 0.05) is 5.92 Å². The van der Waals surface area contributed by atoms with Crippen molar-refractivity contribution in [1.82, 2.24) is 5.32 Å². The zero-order valence-corrected chi connectivity index (χ0v) is 12.5. The van der Waals surface area contributed by atoms with Gasteiger partial charge in [-0.25, -0.2) is 4.79 Å². The van der Waals surface area contributed by atoms with Gasteiger partial charge >= 0.3 is 12.1 Å². The van der Waals surface area contributed by atoms with Crippen molar-refractivity contribution in [2.75, 3.05) is 0 Å². The highest BCUT2D eigenvalue weighted by Crippen LogP contribution is 2.30. The number of carbonyl (C=O) groups excluding carboxylic acids is 1. The number of carboxylic acids is 1. The Bertz CT molecular complexity index is 638. The number of nitrogens with zero attached hydrogens (tertiary/aromatic N) is 1. The summed E-state index contributed by atoms with van der Waals surface area (Å²) in [5.74, 6) is -3.10. The summed E-state index contributed by atoms with van der Waals surface area (Å²) >= 11 is 0. The van der Waals surface area contributed by atoms with E-state index in [0.717, 1.165) is 12.1 Å². The first kappa shape index (κ1) is 19.4. The molecule has 0 saturated carbocycles. The van der Waals surface area contributed by atoms with E-state index in [1.807, 2.05) is 6.07 Å². The molecule has 3 atom stereocenters. The van der Waals surface area contributed by atoms with Crippen LogP contribution in [0.3, 0.4) is 0 Å². The molecule has 0 aromatic heterocycles. The number of amides is 1. The summed E-state index contributed by atoms with van der Waals surface area (Å²) < 4.78 is 37.4. The molecule has 1 aromatic carbocycles. The monoisotopic (exact) mass is 344 g/mol. The Balaban J connectivity index is 2.83. The van der Waals surface area contributed by atoms with Crippen molar-refractivity contribution < 1.29 is 33.0 Å². The Labute approximate surface area is 135 Å². The standard InChI is InChI=1S/C15H15F3N2O4/c1-8(7-19)6-11(14(23)24)20-13(22)12(21)9-2-4-10(5-3-9)15(16,17)18/h2-5,8,11-12,21H,6H2,1H3,(H,20,22)(H,23,24)/t8-,11-,12+/m1/s1. The Morgan fingerprint density at radius 3 is 2.25 bits per heavy atom. The minimum atomic E-state index is -4.55. The molecule has 3 N–H and O–H groups in total. The largest absolute Gasteiger partial charge is 0.480 e. The summed E-state index contributed by atoms with van der Waals surface area (Å²) in [6, 6.07) is 3.70. The average molecular weight is 344 g/mol. The minimum Gasteiger partial charge on any atom is -0.480 e. The number of hydrogen-bond donors (Lipinski definition) is 3. The van der Waals surface area contributed by atoms with Gasteiger partial charge < -0.3 is 15.5 Å². The molecule has 1 rings (SSSR count). The molecule has 0 heterocycles. The van der Waals surface area contributed by atoms with E-state index in [0.29, 0.717) is 12.1 Å². The van der Waals surface area contributed by atoms with Gasteiger partial charge in [0.15, 0.2) is 6.10 Å². The van der Waals surface area contributed by atoms with Crippen molar-refractivity contribution in [2.45, 2.75) is 31.7 Å². The lowest BCUT2D eigenvalue weighted by Gasteiger charge is -2.18. The maximum absolute atomic E-state index is 12.5. The van der Waals surface area contributed by atoms with Crippen LogP contribution in [-0.4, -0.2) is 28.1 Å². The minimum absolute atomic E-state index is 0.113. The van der Waals surface area contributed by atoms with Crippen LogP contribution in [0.2, 0.25) is 0 Å². The normalized spacial score (nSPS) is 15.0. The summed E-state index contributed by atoms with van der Waals surface area (Å²) in [4.78, 5) is 23.0. The number of nitriles is 1. The third kappa shape index (κ3) is 5.24. The number of nitrogens with one attached hydrogen (secondary N) is 1. The first-order chi connectivity index (χ1) is 11.1. The summed E-state index contributed by atoms with van der Waals surface area (Å²) in [5, 5.41) is 29.6. The van der Waals surface area contributed by atoms with Gasteiger partial charge in [-0.05, 0) is 31.0 Å². The summed E-state index contributed by atoms with van der Waals surface area (Å²) in [5.41, 5.74) is -1.05. The first-order valence-corrected chi connectivity index (χ1v) is 6.84. The number of aliphatic hydroxyl groups is 1. The second-order valence-corrected chi connectivity index (χ2v) is 5.19. The molecule has 0 aliphatic rings. The fourth-order valence-electron chi connectivity index (χ4n) is 1.88. The number of carboxylic acid groups (broad SMARTS) is 1. The number of aliphatic hydroxyl groups excluding tert-OH is 1. The van der Waals surface area contributed by atoms with Crippen LogP contribution in [0.4, 0.5) is 13.2 Å². The number of benzene rings is 1. The van der Waals surface area contributed by atoms with Crippen molar-refractivity contribution in [2.24, 2.45) is 5.92 Å². The molecule has 0 radical (unpaired) electrons. The van der Waals surface area contributed by atoms with Crippen molar-refractivity contribution in [1.29, 1.82) is 5.26 Å². The van der Waals surface area contributed by atoms with E-state index in [1.54, 1.807) is 0 Å². The number of hydrogen-bond acceptors (Lipinski definition) is 4. The quantitative estimate of drug-likeness (QED) is 0.729. The van der Waals surface area contributed by atoms with E-state index >= 15 is 0 Å². The van der Waals surface area contributed by atoms with Crippen molar-refractivity contribution in [3.05, 3.63) is 35.4 Å². The molecule has 0 aliphatic heterocycles. The van der Waals surface area contributed by atoms with E-state index in [2.05, 4.69) is 5.32 Å². The summed E-state index contributed by atoms with van der Waals surface area (Å²) in [7, 11) is 0. The topological polar surface area (TPSA) is 110 Å². The Morgan fingerprint density at radius 1 is 1.29 bits per heavy atom. The predicted molar refractivity (Wildman–Crippen MR) is 75.4 cm³/mol. The number of aliphatic carboxylic acids is 1. The SMILES string of the molecule is C[C@@H](C#N)C[C@@H](NC(=O)[C@@H](O)c1ccc(C(F)(F)F)cc1)C(=O)O. The highest BCUT2D eigenvalue weighted by atomic mass is 19.4. The van der Waals surface area contributed by atoms with Crippen LogP contribution in [0, 0.1) is 17.2 Å². The van der Waals surface area contributed by atoms with Gasteiger partial charge in [-0.2, -0.15) is 18.4 Å². The summed E-state index contributed by atoms with van der Waals surface area (Å²) in [6.45, 7) is 1.47. The molecule has 1 amide bonds. The predicted octanol–water partition coefficient (Wildman–Crippen LogP) is 1.86. The first-order valence-electron chi connectivity index (χ1n) is 6.84. The van der Waals surface area contributed by atoms with Crippen molar-refractivity contribution in [3.8, 4) is 6.07 Å². The molecular formula is C15H15F3N2O4. The van der Waals surface area contributed by atoms with E-state index in [4.69, 9.17) is 10.4 Å². The zero-order chi connectivity index (χ0) is 18.5. The lowest BCUT2D eigenvalue weighted by molar-refractivity contribution is -0.144. The third-order valence-corrected chi connectivity index (χ3v) is 3.23. The van der Waals surface area contributed by atoms with E-state index in [-0.39, 0.29) is 12.0 Å². The van der Waals surface area contributed by atoms with Crippen LogP contribution in [0.1, 0.15) is 30.6 Å². The number of carbonyl (C=O) groups is 2. The lowest BCUT2D eigenvalue weighted by atomic mass is 10.0. The summed E-state index contributed by atoms with van der Waals surface area (Å²) in [6.07, 6.45) is -6.54. The fraction of sp³-hybridized carbons (Fsp3) is 0.400. The number of alkyl halides is 3. The molecule has 0 spiro atoms. The van der Waals surface area contributed by atoms with Crippen LogP contribution in [0.15, 0.2) is 24.3 Å². The highest BCUT2D eigenvalue weighted by Gasteiger charge is 2.31. The smallest absolute Gasteiger partial charge is 0.416 e. The van der Waals surface area contributed by atoms with Gasteiger partial charge in [-0.3, -0.25) is 4.79 Å². The van der Waals surface area contributed by atoms with Gasteiger partial charge in [0.2, 0.25) is 0 Å². The molecule has 130 valence electrons. The average Bonchev–Trinajstić information content (AvgIpc) is 2.52. The highest BCUT2D eigenvalue weighted by molar-refractivity contribution is 5.87. The van der Waals surface area contributed by atoms with Gasteiger partial charge in [0.1, 0.15) is 6.04 Å². The maximum Gasteiger partial charge on any atom is 0.416 e.